The van der Waals surface area contributed by atoms with Gasteiger partial charge in [0.1, 0.15) is 0 Å². The Morgan fingerprint density at radius 3 is 3.00 bits per heavy atom. The third kappa shape index (κ3) is 1.07. The molecule has 1 aromatic rings. The molecule has 0 heteroatoms. The average molecular weight is 145 g/mol. The summed E-state index contributed by atoms with van der Waals surface area (Å²) in [6.07, 6.45) is 3.62. The lowest BCUT2D eigenvalue weighted by Gasteiger charge is -2.06. The van der Waals surface area contributed by atoms with Gasteiger partial charge in [-0.25, -0.2) is 0 Å². The van der Waals surface area contributed by atoms with Gasteiger partial charge in [-0.1, -0.05) is 31.2 Å². The Hall–Kier alpha value is -0.780. The second-order valence-electron chi connectivity index (χ2n) is 3.22. The van der Waals surface area contributed by atoms with Gasteiger partial charge in [0.05, 0.1) is 0 Å². The van der Waals surface area contributed by atoms with E-state index < -0.39 is 0 Å². The normalized spacial score (nSPS) is 21.7. The van der Waals surface area contributed by atoms with E-state index in [2.05, 4.69) is 31.2 Å². The Morgan fingerprint density at radius 1 is 1.36 bits per heavy atom. The standard InChI is InChI=1S/C11H13/c1-2-9-7-8-10-5-3-4-6-11(9)10/h3-6,9H,1-2,7-8H2. The Morgan fingerprint density at radius 2 is 2.18 bits per heavy atom. The van der Waals surface area contributed by atoms with Crippen LogP contribution in [0.2, 0.25) is 0 Å². The molecule has 1 unspecified atom stereocenters. The third-order valence-corrected chi connectivity index (χ3v) is 2.61. The smallest absolute Gasteiger partial charge is 0.0156 e. The SMILES string of the molecule is [CH2]CC1CCc2ccccc21. The maximum Gasteiger partial charge on any atom is -0.0156 e. The molecule has 0 bridgehead atoms. The summed E-state index contributed by atoms with van der Waals surface area (Å²) in [5.41, 5.74) is 3.09. The molecular weight excluding hydrogens is 132 g/mol. The lowest BCUT2D eigenvalue weighted by Crippen LogP contribution is -1.89. The van der Waals surface area contributed by atoms with Crippen LogP contribution in [0.15, 0.2) is 24.3 Å². The average Bonchev–Trinajstić information content (AvgIpc) is 2.47. The van der Waals surface area contributed by atoms with E-state index in [-0.39, 0.29) is 0 Å². The van der Waals surface area contributed by atoms with Gasteiger partial charge in [0.15, 0.2) is 0 Å². The Kier molecular flexibility index (Phi) is 1.69. The van der Waals surface area contributed by atoms with Gasteiger partial charge in [0.2, 0.25) is 0 Å². The van der Waals surface area contributed by atoms with Gasteiger partial charge in [0.25, 0.3) is 0 Å². The van der Waals surface area contributed by atoms with E-state index >= 15 is 0 Å². The van der Waals surface area contributed by atoms with Crippen molar-refractivity contribution in [2.75, 3.05) is 0 Å². The van der Waals surface area contributed by atoms with Gasteiger partial charge >= 0.3 is 0 Å². The molecule has 1 atom stereocenters. The molecule has 0 fully saturated rings. The number of rotatable bonds is 1. The summed E-state index contributed by atoms with van der Waals surface area (Å²) >= 11 is 0. The van der Waals surface area contributed by atoms with Crippen molar-refractivity contribution in [1.29, 1.82) is 0 Å². The molecule has 1 aliphatic rings. The van der Waals surface area contributed by atoms with Crippen LogP contribution in [0.1, 0.15) is 29.9 Å². The fraction of sp³-hybridized carbons (Fsp3) is 0.364. The monoisotopic (exact) mass is 145 g/mol. The van der Waals surface area contributed by atoms with E-state index in [4.69, 9.17) is 0 Å². The predicted octanol–water partition coefficient (Wildman–Crippen LogP) is 2.94. The molecule has 0 heterocycles. The van der Waals surface area contributed by atoms with Crippen LogP contribution in [-0.2, 0) is 6.42 Å². The molecule has 0 aliphatic heterocycles. The zero-order valence-electron chi connectivity index (χ0n) is 6.72. The molecule has 0 saturated carbocycles. The fourth-order valence-electron chi connectivity index (χ4n) is 1.95. The van der Waals surface area contributed by atoms with Crippen LogP contribution < -0.4 is 0 Å². The van der Waals surface area contributed by atoms with Crippen LogP contribution in [0.3, 0.4) is 0 Å². The number of hydrogen-bond acceptors (Lipinski definition) is 0. The van der Waals surface area contributed by atoms with E-state index in [1.807, 2.05) is 0 Å². The van der Waals surface area contributed by atoms with Gasteiger partial charge in [-0.05, 0) is 36.3 Å². The van der Waals surface area contributed by atoms with Crippen LogP contribution in [0.5, 0.6) is 0 Å². The second-order valence-corrected chi connectivity index (χ2v) is 3.22. The molecular formula is C11H13. The van der Waals surface area contributed by atoms with E-state index in [1.54, 1.807) is 11.1 Å². The van der Waals surface area contributed by atoms with Crippen LogP contribution in [0.25, 0.3) is 0 Å². The Labute approximate surface area is 68.3 Å². The first-order valence-electron chi connectivity index (χ1n) is 4.29. The highest BCUT2D eigenvalue weighted by atomic mass is 14.2. The Bertz CT molecular complexity index is 250. The number of aryl methyl sites for hydroxylation is 1. The molecule has 0 aromatic heterocycles. The first kappa shape index (κ1) is 6.90. The lowest BCUT2D eigenvalue weighted by molar-refractivity contribution is 0.687. The first-order chi connectivity index (χ1) is 5.42. The molecule has 0 N–H and O–H groups in total. The maximum absolute atomic E-state index is 3.97. The molecule has 0 nitrogen and oxygen atoms in total. The molecule has 1 radical (unpaired) electrons. The number of hydrogen-bond donors (Lipinski definition) is 0. The van der Waals surface area contributed by atoms with Gasteiger partial charge in [-0.15, -0.1) is 0 Å². The Balaban J connectivity index is 2.39. The van der Waals surface area contributed by atoms with Crippen molar-refractivity contribution in [3.63, 3.8) is 0 Å². The lowest BCUT2D eigenvalue weighted by atomic mass is 9.99. The highest BCUT2D eigenvalue weighted by Crippen LogP contribution is 2.34. The van der Waals surface area contributed by atoms with Crippen LogP contribution in [-0.4, -0.2) is 0 Å². The second kappa shape index (κ2) is 2.69. The van der Waals surface area contributed by atoms with E-state index in [0.717, 1.165) is 12.3 Å². The van der Waals surface area contributed by atoms with Crippen molar-refractivity contribution in [3.8, 4) is 0 Å². The molecule has 0 amide bonds. The van der Waals surface area contributed by atoms with Crippen molar-refractivity contribution < 1.29 is 0 Å². The molecule has 1 aliphatic carbocycles. The van der Waals surface area contributed by atoms with E-state index in [0.29, 0.717) is 0 Å². The molecule has 0 spiro atoms. The third-order valence-electron chi connectivity index (χ3n) is 2.61. The molecule has 0 saturated heterocycles. The van der Waals surface area contributed by atoms with Gasteiger partial charge in [0, 0.05) is 0 Å². The van der Waals surface area contributed by atoms with Crippen LogP contribution >= 0.6 is 0 Å². The minimum Gasteiger partial charge on any atom is -0.0620 e. The quantitative estimate of drug-likeness (QED) is 0.570. The summed E-state index contributed by atoms with van der Waals surface area (Å²) in [6, 6.07) is 8.75. The topological polar surface area (TPSA) is 0 Å². The van der Waals surface area contributed by atoms with Crippen molar-refractivity contribution in [2.45, 2.75) is 25.2 Å². The van der Waals surface area contributed by atoms with Gasteiger partial charge < -0.3 is 0 Å². The predicted molar refractivity (Wildman–Crippen MR) is 47.5 cm³/mol. The van der Waals surface area contributed by atoms with Crippen LogP contribution in [0, 0.1) is 6.92 Å². The van der Waals surface area contributed by atoms with Crippen LogP contribution in [0.4, 0.5) is 0 Å². The highest BCUT2D eigenvalue weighted by molar-refractivity contribution is 5.34. The molecule has 57 valence electrons. The van der Waals surface area contributed by atoms with Crippen molar-refractivity contribution >= 4 is 0 Å². The van der Waals surface area contributed by atoms with Crippen molar-refractivity contribution in [3.05, 3.63) is 42.3 Å². The fourth-order valence-corrected chi connectivity index (χ4v) is 1.95. The minimum atomic E-state index is 0.742. The summed E-state index contributed by atoms with van der Waals surface area (Å²) < 4.78 is 0. The van der Waals surface area contributed by atoms with Gasteiger partial charge in [-0.2, -0.15) is 0 Å². The summed E-state index contributed by atoms with van der Waals surface area (Å²) in [4.78, 5) is 0. The van der Waals surface area contributed by atoms with E-state index in [9.17, 15) is 0 Å². The van der Waals surface area contributed by atoms with E-state index in [1.165, 1.54) is 12.8 Å². The van der Waals surface area contributed by atoms with Gasteiger partial charge in [-0.3, -0.25) is 0 Å². The van der Waals surface area contributed by atoms with Crippen molar-refractivity contribution in [2.24, 2.45) is 0 Å². The summed E-state index contributed by atoms with van der Waals surface area (Å²) in [5.74, 6) is 0.742. The molecule has 1 aromatic carbocycles. The summed E-state index contributed by atoms with van der Waals surface area (Å²) in [5, 5.41) is 0. The largest absolute Gasteiger partial charge is 0.0620 e. The first-order valence-corrected chi connectivity index (χ1v) is 4.29. The summed E-state index contributed by atoms with van der Waals surface area (Å²) in [7, 11) is 0. The number of benzene rings is 1. The number of fused-ring (bicyclic) bond motifs is 1. The summed E-state index contributed by atoms with van der Waals surface area (Å²) in [6.45, 7) is 3.97. The zero-order valence-corrected chi connectivity index (χ0v) is 6.72. The molecule has 2 rings (SSSR count). The molecule has 11 heavy (non-hydrogen) atoms. The minimum absolute atomic E-state index is 0.742. The van der Waals surface area contributed by atoms with Crippen molar-refractivity contribution in [1.82, 2.24) is 0 Å². The highest BCUT2D eigenvalue weighted by Gasteiger charge is 2.19. The zero-order chi connectivity index (χ0) is 7.68. The maximum atomic E-state index is 3.97.